The molecule has 0 aliphatic carbocycles. The SMILES string of the molecule is CC1(C)CCCNC1CNC(=O)C1COc2ccccc21. The number of piperidine rings is 1. The zero-order valence-electron chi connectivity index (χ0n) is 12.8. The molecule has 0 aromatic heterocycles. The van der Waals surface area contributed by atoms with Gasteiger partial charge in [-0.25, -0.2) is 0 Å². The van der Waals surface area contributed by atoms with Crippen LogP contribution in [-0.2, 0) is 4.79 Å². The molecule has 2 heterocycles. The molecule has 1 amide bonds. The zero-order valence-corrected chi connectivity index (χ0v) is 12.8. The summed E-state index contributed by atoms with van der Waals surface area (Å²) in [5, 5.41) is 6.64. The van der Waals surface area contributed by atoms with Gasteiger partial charge < -0.3 is 15.4 Å². The molecule has 0 radical (unpaired) electrons. The molecule has 21 heavy (non-hydrogen) atoms. The van der Waals surface area contributed by atoms with Gasteiger partial charge in [-0.3, -0.25) is 4.79 Å². The second-order valence-electron chi connectivity index (χ2n) is 6.75. The van der Waals surface area contributed by atoms with Crippen molar-refractivity contribution in [1.29, 1.82) is 0 Å². The average molecular weight is 288 g/mol. The Balaban J connectivity index is 1.60. The smallest absolute Gasteiger partial charge is 0.231 e. The van der Waals surface area contributed by atoms with Crippen LogP contribution < -0.4 is 15.4 Å². The highest BCUT2D eigenvalue weighted by Gasteiger charge is 2.34. The molecule has 1 fully saturated rings. The van der Waals surface area contributed by atoms with Gasteiger partial charge >= 0.3 is 0 Å². The number of benzene rings is 1. The highest BCUT2D eigenvalue weighted by molar-refractivity contribution is 5.85. The summed E-state index contributed by atoms with van der Waals surface area (Å²) in [6, 6.07) is 8.14. The molecule has 2 aliphatic rings. The standard InChI is InChI=1S/C17H24N2O2/c1-17(2)8-5-9-18-15(17)10-19-16(20)13-11-21-14-7-4-3-6-12(13)14/h3-4,6-7,13,15,18H,5,8-11H2,1-2H3,(H,19,20). The lowest BCUT2D eigenvalue weighted by molar-refractivity contribution is -0.123. The fraction of sp³-hybridized carbons (Fsp3) is 0.588. The first-order valence-electron chi connectivity index (χ1n) is 7.81. The summed E-state index contributed by atoms with van der Waals surface area (Å²) >= 11 is 0. The van der Waals surface area contributed by atoms with E-state index in [0.717, 1.165) is 17.9 Å². The second-order valence-corrected chi connectivity index (χ2v) is 6.75. The van der Waals surface area contributed by atoms with Gasteiger partial charge in [0.2, 0.25) is 5.91 Å². The van der Waals surface area contributed by atoms with E-state index >= 15 is 0 Å². The minimum atomic E-state index is -0.173. The number of para-hydroxylation sites is 1. The predicted molar refractivity (Wildman–Crippen MR) is 82.5 cm³/mol. The summed E-state index contributed by atoms with van der Waals surface area (Å²) in [5.41, 5.74) is 1.24. The van der Waals surface area contributed by atoms with Crippen LogP contribution in [0.4, 0.5) is 0 Å². The Kier molecular flexibility index (Phi) is 3.89. The minimum Gasteiger partial charge on any atom is -0.492 e. The third kappa shape index (κ3) is 2.91. The first-order chi connectivity index (χ1) is 10.1. The van der Waals surface area contributed by atoms with E-state index in [4.69, 9.17) is 4.74 Å². The quantitative estimate of drug-likeness (QED) is 0.895. The van der Waals surface area contributed by atoms with Crippen molar-refractivity contribution in [1.82, 2.24) is 10.6 Å². The number of amides is 1. The molecule has 1 saturated heterocycles. The Morgan fingerprint density at radius 2 is 2.24 bits per heavy atom. The number of fused-ring (bicyclic) bond motifs is 1. The molecule has 0 saturated carbocycles. The number of nitrogens with one attached hydrogen (secondary N) is 2. The van der Waals surface area contributed by atoms with E-state index in [2.05, 4.69) is 24.5 Å². The van der Waals surface area contributed by atoms with E-state index in [1.165, 1.54) is 12.8 Å². The van der Waals surface area contributed by atoms with E-state index in [9.17, 15) is 4.79 Å². The lowest BCUT2D eigenvalue weighted by atomic mass is 9.77. The summed E-state index contributed by atoms with van der Waals surface area (Å²) < 4.78 is 5.59. The summed E-state index contributed by atoms with van der Waals surface area (Å²) in [5.74, 6) is 0.741. The van der Waals surface area contributed by atoms with Crippen molar-refractivity contribution < 1.29 is 9.53 Å². The van der Waals surface area contributed by atoms with E-state index in [-0.39, 0.29) is 17.2 Å². The van der Waals surface area contributed by atoms with Crippen molar-refractivity contribution in [3.8, 4) is 5.75 Å². The molecule has 2 aliphatic heterocycles. The van der Waals surface area contributed by atoms with Crippen LogP contribution in [0.3, 0.4) is 0 Å². The van der Waals surface area contributed by atoms with Crippen molar-refractivity contribution in [2.45, 2.75) is 38.6 Å². The maximum atomic E-state index is 12.4. The van der Waals surface area contributed by atoms with Crippen LogP contribution in [0.5, 0.6) is 5.75 Å². The van der Waals surface area contributed by atoms with Gasteiger partial charge in [0.15, 0.2) is 0 Å². The van der Waals surface area contributed by atoms with Crippen LogP contribution in [0.15, 0.2) is 24.3 Å². The van der Waals surface area contributed by atoms with Crippen LogP contribution in [0.1, 0.15) is 38.2 Å². The fourth-order valence-corrected chi connectivity index (χ4v) is 3.32. The molecule has 3 rings (SSSR count). The van der Waals surface area contributed by atoms with Gasteiger partial charge in [0.1, 0.15) is 18.3 Å². The molecule has 0 bridgehead atoms. The normalized spacial score (nSPS) is 26.8. The Morgan fingerprint density at radius 1 is 1.43 bits per heavy atom. The lowest BCUT2D eigenvalue weighted by Crippen LogP contribution is -2.53. The third-order valence-corrected chi connectivity index (χ3v) is 4.83. The van der Waals surface area contributed by atoms with Crippen LogP contribution in [0.25, 0.3) is 0 Å². The largest absolute Gasteiger partial charge is 0.492 e. The van der Waals surface area contributed by atoms with Crippen LogP contribution in [0, 0.1) is 5.41 Å². The van der Waals surface area contributed by atoms with E-state index in [1.807, 2.05) is 24.3 Å². The number of carbonyl (C=O) groups is 1. The molecular formula is C17H24N2O2. The Hall–Kier alpha value is -1.55. The number of carbonyl (C=O) groups excluding carboxylic acids is 1. The zero-order chi connectivity index (χ0) is 14.9. The predicted octanol–water partition coefficient (Wildman–Crippen LogP) is 2.06. The van der Waals surface area contributed by atoms with Crippen molar-refractivity contribution in [2.75, 3.05) is 19.7 Å². The highest BCUT2D eigenvalue weighted by atomic mass is 16.5. The molecule has 1 aromatic carbocycles. The van der Waals surface area contributed by atoms with Gasteiger partial charge in [-0.05, 0) is 30.9 Å². The van der Waals surface area contributed by atoms with Crippen molar-refractivity contribution in [3.63, 3.8) is 0 Å². The number of rotatable bonds is 3. The van der Waals surface area contributed by atoms with Crippen LogP contribution in [0.2, 0.25) is 0 Å². The molecule has 2 atom stereocenters. The van der Waals surface area contributed by atoms with Crippen molar-refractivity contribution in [2.24, 2.45) is 5.41 Å². The van der Waals surface area contributed by atoms with Crippen molar-refractivity contribution >= 4 is 5.91 Å². The van der Waals surface area contributed by atoms with E-state index in [0.29, 0.717) is 19.2 Å². The third-order valence-electron chi connectivity index (χ3n) is 4.83. The van der Waals surface area contributed by atoms with Crippen molar-refractivity contribution in [3.05, 3.63) is 29.8 Å². The summed E-state index contributed by atoms with van der Waals surface area (Å²) in [7, 11) is 0. The number of hydrogen-bond acceptors (Lipinski definition) is 3. The Labute approximate surface area is 126 Å². The maximum Gasteiger partial charge on any atom is 0.231 e. The molecule has 114 valence electrons. The molecule has 0 spiro atoms. The Morgan fingerprint density at radius 3 is 3.05 bits per heavy atom. The first kappa shape index (κ1) is 14.4. The van der Waals surface area contributed by atoms with Gasteiger partial charge in [0.25, 0.3) is 0 Å². The first-order valence-corrected chi connectivity index (χ1v) is 7.81. The molecule has 2 N–H and O–H groups in total. The van der Waals surface area contributed by atoms with E-state index in [1.54, 1.807) is 0 Å². The molecular weight excluding hydrogens is 264 g/mol. The highest BCUT2D eigenvalue weighted by Crippen LogP contribution is 2.34. The number of ether oxygens (including phenoxy) is 1. The van der Waals surface area contributed by atoms with Crippen LogP contribution in [-0.4, -0.2) is 31.6 Å². The fourth-order valence-electron chi connectivity index (χ4n) is 3.32. The van der Waals surface area contributed by atoms with Gasteiger partial charge in [-0.2, -0.15) is 0 Å². The van der Waals surface area contributed by atoms with Gasteiger partial charge in [0.05, 0.1) is 0 Å². The second kappa shape index (κ2) is 5.68. The molecule has 1 aromatic rings. The molecule has 4 nitrogen and oxygen atoms in total. The molecule has 4 heteroatoms. The monoisotopic (exact) mass is 288 g/mol. The average Bonchev–Trinajstić information content (AvgIpc) is 2.89. The van der Waals surface area contributed by atoms with Gasteiger partial charge in [-0.1, -0.05) is 32.0 Å². The van der Waals surface area contributed by atoms with E-state index < -0.39 is 0 Å². The summed E-state index contributed by atoms with van der Waals surface area (Å²) in [6.45, 7) is 6.71. The van der Waals surface area contributed by atoms with Crippen LogP contribution >= 0.6 is 0 Å². The maximum absolute atomic E-state index is 12.4. The number of hydrogen-bond donors (Lipinski definition) is 2. The minimum absolute atomic E-state index is 0.0723. The van der Waals surface area contributed by atoms with Gasteiger partial charge in [-0.15, -0.1) is 0 Å². The Bertz CT molecular complexity index is 527. The lowest BCUT2D eigenvalue weighted by Gasteiger charge is -2.39. The molecule has 2 unspecified atom stereocenters. The summed E-state index contributed by atoms with van der Waals surface area (Å²) in [4.78, 5) is 12.4. The topological polar surface area (TPSA) is 50.4 Å². The summed E-state index contributed by atoms with van der Waals surface area (Å²) in [6.07, 6.45) is 2.41. The van der Waals surface area contributed by atoms with Gasteiger partial charge in [0, 0.05) is 18.2 Å².